The summed E-state index contributed by atoms with van der Waals surface area (Å²) < 4.78 is 0. The second-order valence-electron chi connectivity index (χ2n) is 1.28. The van der Waals surface area contributed by atoms with Crippen LogP contribution in [0.3, 0.4) is 0 Å². The maximum atomic E-state index is 10.1. The average molecular weight is 290 g/mol. The monoisotopic (exact) mass is 288 g/mol. The number of hydrogen-bond donors (Lipinski definition) is 1. The van der Waals surface area contributed by atoms with Crippen LogP contribution in [0.4, 0.5) is 0 Å². The van der Waals surface area contributed by atoms with E-state index < -0.39 is 5.97 Å². The van der Waals surface area contributed by atoms with E-state index in [-0.39, 0.29) is 34.0 Å². The zero-order chi connectivity index (χ0) is 5.98. The largest absolute Gasteiger partial charge is 0.477 e. The molecule has 1 aromatic heterocycles. The van der Waals surface area contributed by atoms with Gasteiger partial charge in [0.05, 0.1) is 0 Å². The SMILES string of the molecule is Br.Br.O=C(O)c1cccs1. The first kappa shape index (κ1) is 12.8. The lowest BCUT2D eigenvalue weighted by Crippen LogP contribution is -1.89. The Morgan fingerprint density at radius 1 is 1.50 bits per heavy atom. The summed E-state index contributed by atoms with van der Waals surface area (Å²) in [6.07, 6.45) is 0. The van der Waals surface area contributed by atoms with Crippen LogP contribution in [0.2, 0.25) is 0 Å². The molecule has 10 heavy (non-hydrogen) atoms. The van der Waals surface area contributed by atoms with Gasteiger partial charge in [-0.1, -0.05) is 6.07 Å². The molecule has 2 nitrogen and oxygen atoms in total. The van der Waals surface area contributed by atoms with Gasteiger partial charge >= 0.3 is 5.97 Å². The van der Waals surface area contributed by atoms with Gasteiger partial charge in [-0.15, -0.1) is 45.3 Å². The van der Waals surface area contributed by atoms with Crippen LogP contribution >= 0.6 is 45.3 Å². The third-order valence-electron chi connectivity index (χ3n) is 0.732. The summed E-state index contributed by atoms with van der Waals surface area (Å²) in [4.78, 5) is 10.5. The highest BCUT2D eigenvalue weighted by Crippen LogP contribution is 2.06. The van der Waals surface area contributed by atoms with Crippen LogP contribution in [-0.2, 0) is 0 Å². The molecule has 0 amide bonds. The molecule has 1 N–H and O–H groups in total. The minimum Gasteiger partial charge on any atom is -0.477 e. The molecular weight excluding hydrogens is 284 g/mol. The molecule has 0 bridgehead atoms. The van der Waals surface area contributed by atoms with Crippen molar-refractivity contribution in [2.24, 2.45) is 0 Å². The van der Waals surface area contributed by atoms with Gasteiger partial charge in [0.25, 0.3) is 0 Å². The first-order valence-corrected chi connectivity index (χ1v) is 2.95. The van der Waals surface area contributed by atoms with Gasteiger partial charge in [-0.25, -0.2) is 4.79 Å². The Balaban J connectivity index is 0. The summed E-state index contributed by atoms with van der Waals surface area (Å²) in [6, 6.07) is 3.29. The number of halogens is 2. The Morgan fingerprint density at radius 3 is 2.30 bits per heavy atom. The third-order valence-corrected chi connectivity index (χ3v) is 1.59. The molecule has 0 saturated heterocycles. The summed E-state index contributed by atoms with van der Waals surface area (Å²) in [5.41, 5.74) is 0. The lowest BCUT2D eigenvalue weighted by molar-refractivity contribution is 0.0702. The van der Waals surface area contributed by atoms with E-state index in [2.05, 4.69) is 0 Å². The Kier molecular flexibility index (Phi) is 7.51. The molecule has 0 fully saturated rings. The fourth-order valence-corrected chi connectivity index (χ4v) is 0.962. The van der Waals surface area contributed by atoms with E-state index >= 15 is 0 Å². The van der Waals surface area contributed by atoms with E-state index in [1.165, 1.54) is 11.3 Å². The van der Waals surface area contributed by atoms with E-state index in [4.69, 9.17) is 5.11 Å². The summed E-state index contributed by atoms with van der Waals surface area (Å²) in [6.45, 7) is 0. The number of aromatic carboxylic acids is 1. The van der Waals surface area contributed by atoms with Gasteiger partial charge in [0.2, 0.25) is 0 Å². The predicted octanol–water partition coefficient (Wildman–Crippen LogP) is 2.60. The summed E-state index contributed by atoms with van der Waals surface area (Å²) in [5, 5.41) is 10.0. The third kappa shape index (κ3) is 3.34. The van der Waals surface area contributed by atoms with Crippen LogP contribution in [0.15, 0.2) is 17.5 Å². The molecule has 1 rings (SSSR count). The predicted molar refractivity (Wildman–Crippen MR) is 51.9 cm³/mol. The molecular formula is C5H6Br2O2S. The molecule has 0 spiro atoms. The van der Waals surface area contributed by atoms with E-state index in [1.54, 1.807) is 17.5 Å². The van der Waals surface area contributed by atoms with E-state index in [0.29, 0.717) is 4.88 Å². The average Bonchev–Trinajstić information content (AvgIpc) is 2.12. The molecule has 5 heteroatoms. The van der Waals surface area contributed by atoms with E-state index in [9.17, 15) is 4.79 Å². The topological polar surface area (TPSA) is 37.3 Å². The van der Waals surface area contributed by atoms with Gasteiger partial charge in [-0.3, -0.25) is 0 Å². The Morgan fingerprint density at radius 2 is 2.10 bits per heavy atom. The molecule has 0 unspecified atom stereocenters. The second kappa shape index (κ2) is 5.88. The lowest BCUT2D eigenvalue weighted by Gasteiger charge is -1.78. The standard InChI is InChI=1S/C5H4O2S.2BrH/c6-5(7)4-2-1-3-8-4;;/h1-3H,(H,6,7);2*1H. The molecule has 0 aliphatic carbocycles. The molecule has 0 aromatic carbocycles. The molecule has 1 aromatic rings. The molecule has 1 heterocycles. The van der Waals surface area contributed by atoms with Crippen LogP contribution in [0.5, 0.6) is 0 Å². The van der Waals surface area contributed by atoms with Gasteiger partial charge in [-0.2, -0.15) is 0 Å². The Hall–Kier alpha value is 0.130. The zero-order valence-corrected chi connectivity index (χ0v) is 9.05. The van der Waals surface area contributed by atoms with Crippen molar-refractivity contribution in [2.45, 2.75) is 0 Å². The number of carboxylic acid groups (broad SMARTS) is 1. The van der Waals surface area contributed by atoms with E-state index in [1.807, 2.05) is 0 Å². The van der Waals surface area contributed by atoms with Crippen LogP contribution in [0, 0.1) is 0 Å². The van der Waals surface area contributed by atoms with Gasteiger partial charge in [-0.05, 0) is 11.4 Å². The summed E-state index contributed by atoms with van der Waals surface area (Å²) >= 11 is 1.23. The highest BCUT2D eigenvalue weighted by Gasteiger charge is 1.99. The number of carboxylic acids is 1. The fourth-order valence-electron chi connectivity index (χ4n) is 0.400. The van der Waals surface area contributed by atoms with Crippen molar-refractivity contribution < 1.29 is 9.90 Å². The highest BCUT2D eigenvalue weighted by molar-refractivity contribution is 8.93. The van der Waals surface area contributed by atoms with Crippen molar-refractivity contribution in [1.82, 2.24) is 0 Å². The fraction of sp³-hybridized carbons (Fsp3) is 0. The highest BCUT2D eigenvalue weighted by atomic mass is 79.9. The number of carbonyl (C=O) groups is 1. The normalized spacial score (nSPS) is 7.20. The Bertz CT molecular complexity index is 186. The molecule has 58 valence electrons. The first-order valence-electron chi connectivity index (χ1n) is 2.07. The molecule has 0 saturated carbocycles. The van der Waals surface area contributed by atoms with Crippen molar-refractivity contribution in [1.29, 1.82) is 0 Å². The summed E-state index contributed by atoms with van der Waals surface area (Å²) in [5.74, 6) is -0.847. The van der Waals surface area contributed by atoms with Gasteiger partial charge < -0.3 is 5.11 Å². The molecule has 0 aliphatic heterocycles. The number of thiophene rings is 1. The summed E-state index contributed by atoms with van der Waals surface area (Å²) in [7, 11) is 0. The molecule has 0 radical (unpaired) electrons. The second-order valence-corrected chi connectivity index (χ2v) is 2.23. The molecule has 0 atom stereocenters. The van der Waals surface area contributed by atoms with Gasteiger partial charge in [0, 0.05) is 0 Å². The minimum atomic E-state index is -0.847. The van der Waals surface area contributed by atoms with Crippen LogP contribution in [0.25, 0.3) is 0 Å². The van der Waals surface area contributed by atoms with Gasteiger partial charge in [0.1, 0.15) is 4.88 Å². The minimum absolute atomic E-state index is 0. The van der Waals surface area contributed by atoms with Crippen molar-refractivity contribution in [2.75, 3.05) is 0 Å². The molecule has 0 aliphatic rings. The lowest BCUT2D eigenvalue weighted by atomic mass is 10.5. The van der Waals surface area contributed by atoms with Crippen LogP contribution < -0.4 is 0 Å². The van der Waals surface area contributed by atoms with Crippen molar-refractivity contribution >= 4 is 51.3 Å². The number of rotatable bonds is 1. The zero-order valence-electron chi connectivity index (χ0n) is 4.81. The van der Waals surface area contributed by atoms with Crippen molar-refractivity contribution in [3.05, 3.63) is 22.4 Å². The van der Waals surface area contributed by atoms with Crippen molar-refractivity contribution in [3.8, 4) is 0 Å². The maximum absolute atomic E-state index is 10.1. The van der Waals surface area contributed by atoms with Gasteiger partial charge in [0.15, 0.2) is 0 Å². The maximum Gasteiger partial charge on any atom is 0.345 e. The van der Waals surface area contributed by atoms with Crippen LogP contribution in [-0.4, -0.2) is 11.1 Å². The smallest absolute Gasteiger partial charge is 0.345 e. The van der Waals surface area contributed by atoms with E-state index in [0.717, 1.165) is 0 Å². The number of hydrogen-bond acceptors (Lipinski definition) is 2. The Labute approximate surface area is 83.4 Å². The van der Waals surface area contributed by atoms with Crippen molar-refractivity contribution in [3.63, 3.8) is 0 Å². The first-order chi connectivity index (χ1) is 3.80. The van der Waals surface area contributed by atoms with Crippen LogP contribution in [0.1, 0.15) is 9.67 Å². The quantitative estimate of drug-likeness (QED) is 0.863.